The lowest BCUT2D eigenvalue weighted by Gasteiger charge is -2.13. The number of halogens is 2. The van der Waals surface area contributed by atoms with Gasteiger partial charge in [-0.05, 0) is 61.0 Å². The molecule has 8 nitrogen and oxygen atoms in total. The van der Waals surface area contributed by atoms with Crippen molar-refractivity contribution in [3.05, 3.63) is 99.6 Å². The van der Waals surface area contributed by atoms with E-state index in [1.165, 1.54) is 27.8 Å². The minimum Gasteiger partial charge on any atom is -0.331 e. The Morgan fingerprint density at radius 3 is 2.54 bits per heavy atom. The first-order valence-electron chi connectivity index (χ1n) is 11.4. The summed E-state index contributed by atoms with van der Waals surface area (Å²) >= 11 is 6.43. The number of aryl methyl sites for hydroxylation is 1. The predicted molar refractivity (Wildman–Crippen MR) is 142 cm³/mol. The van der Waals surface area contributed by atoms with Crippen LogP contribution in [0.25, 0.3) is 33.9 Å². The number of nitrogens with zero attached hydrogens (tertiary/aromatic N) is 5. The molecule has 2 amide bonds. The summed E-state index contributed by atoms with van der Waals surface area (Å²) in [5.41, 5.74) is 3.46. The third-order valence-electron chi connectivity index (χ3n) is 5.84. The summed E-state index contributed by atoms with van der Waals surface area (Å²) in [5.74, 6) is 0.334. The summed E-state index contributed by atoms with van der Waals surface area (Å²) in [6, 6.07) is 19.5. The smallest absolute Gasteiger partial charge is 0.321 e. The van der Waals surface area contributed by atoms with Crippen LogP contribution in [-0.2, 0) is 0 Å². The standard InChI is InChI=1S/C27H22ClFN6O2/c1-16-6-4-5-7-22(16)35-25(36)13-12-24(32-35)34-23-11-9-18(30-27(37)33(2)3)15-21(23)31-26(34)19-10-8-17(29)14-20(19)28/h4-15H,1-3H3,(H,30,37). The van der Waals surface area contributed by atoms with E-state index >= 15 is 0 Å². The molecule has 0 saturated carbocycles. The molecule has 2 aromatic heterocycles. The van der Waals surface area contributed by atoms with E-state index in [2.05, 4.69) is 10.4 Å². The molecule has 37 heavy (non-hydrogen) atoms. The monoisotopic (exact) mass is 516 g/mol. The number of urea groups is 1. The number of nitrogens with one attached hydrogen (secondary N) is 1. The number of carbonyl (C=O) groups excluding carboxylic acids is 1. The van der Waals surface area contributed by atoms with Crippen molar-refractivity contribution >= 4 is 34.4 Å². The second-order valence-electron chi connectivity index (χ2n) is 8.65. The van der Waals surface area contributed by atoms with Gasteiger partial charge in [0.05, 0.1) is 21.7 Å². The van der Waals surface area contributed by atoms with Gasteiger partial charge in [-0.15, -0.1) is 5.10 Å². The van der Waals surface area contributed by atoms with Gasteiger partial charge in [0, 0.05) is 31.4 Å². The second-order valence-corrected chi connectivity index (χ2v) is 9.06. The molecule has 0 aliphatic heterocycles. The van der Waals surface area contributed by atoms with Crippen molar-refractivity contribution in [2.75, 3.05) is 19.4 Å². The quantitative estimate of drug-likeness (QED) is 0.345. The highest BCUT2D eigenvalue weighted by molar-refractivity contribution is 6.33. The Labute approximate surface area is 216 Å². The highest BCUT2D eigenvalue weighted by atomic mass is 35.5. The van der Waals surface area contributed by atoms with Crippen LogP contribution in [0.4, 0.5) is 14.9 Å². The molecule has 0 saturated heterocycles. The molecule has 5 rings (SSSR count). The third kappa shape index (κ3) is 4.56. The van der Waals surface area contributed by atoms with Gasteiger partial charge in [-0.2, -0.15) is 4.68 Å². The van der Waals surface area contributed by atoms with Gasteiger partial charge in [-0.25, -0.2) is 14.2 Å². The maximum atomic E-state index is 13.8. The van der Waals surface area contributed by atoms with Crippen LogP contribution in [-0.4, -0.2) is 44.4 Å². The van der Waals surface area contributed by atoms with Crippen LogP contribution in [0.15, 0.2) is 77.6 Å². The first-order chi connectivity index (χ1) is 17.7. The Hall–Kier alpha value is -4.50. The highest BCUT2D eigenvalue weighted by Crippen LogP contribution is 2.33. The number of anilines is 1. The lowest BCUT2D eigenvalue weighted by molar-refractivity contribution is 0.230. The minimum absolute atomic E-state index is 0.171. The third-order valence-corrected chi connectivity index (χ3v) is 6.16. The van der Waals surface area contributed by atoms with Crippen LogP contribution < -0.4 is 10.9 Å². The summed E-state index contributed by atoms with van der Waals surface area (Å²) in [6.45, 7) is 1.90. The Kier molecular flexibility index (Phi) is 6.22. The average molecular weight is 517 g/mol. The van der Waals surface area contributed by atoms with Gasteiger partial charge in [-0.1, -0.05) is 29.8 Å². The second kappa shape index (κ2) is 9.51. The van der Waals surface area contributed by atoms with Crippen molar-refractivity contribution in [3.8, 4) is 22.9 Å². The van der Waals surface area contributed by atoms with Crippen LogP contribution in [0, 0.1) is 12.7 Å². The maximum Gasteiger partial charge on any atom is 0.321 e. The zero-order valence-corrected chi connectivity index (χ0v) is 21.0. The van der Waals surface area contributed by atoms with Gasteiger partial charge in [0.1, 0.15) is 11.6 Å². The maximum absolute atomic E-state index is 13.8. The number of aromatic nitrogens is 4. The Morgan fingerprint density at radius 1 is 1.03 bits per heavy atom. The van der Waals surface area contributed by atoms with E-state index in [-0.39, 0.29) is 16.6 Å². The van der Waals surface area contributed by atoms with Crippen molar-refractivity contribution in [2.45, 2.75) is 6.92 Å². The number of hydrogen-bond acceptors (Lipinski definition) is 4. The summed E-state index contributed by atoms with van der Waals surface area (Å²) in [7, 11) is 3.29. The molecule has 0 atom stereocenters. The van der Waals surface area contributed by atoms with Crippen molar-refractivity contribution < 1.29 is 9.18 Å². The van der Waals surface area contributed by atoms with Gasteiger partial charge in [-0.3, -0.25) is 9.36 Å². The van der Waals surface area contributed by atoms with Crippen LogP contribution in [0.2, 0.25) is 5.02 Å². The van der Waals surface area contributed by atoms with Crippen LogP contribution >= 0.6 is 11.6 Å². The number of carbonyl (C=O) groups is 1. The largest absolute Gasteiger partial charge is 0.331 e. The average Bonchev–Trinajstić information content (AvgIpc) is 3.23. The zero-order valence-electron chi connectivity index (χ0n) is 20.2. The van der Waals surface area contributed by atoms with E-state index < -0.39 is 5.82 Å². The summed E-state index contributed by atoms with van der Waals surface area (Å²) in [6.07, 6.45) is 0. The first kappa shape index (κ1) is 24.2. The molecule has 5 aromatic rings. The molecule has 0 unspecified atom stereocenters. The molecular weight excluding hydrogens is 495 g/mol. The predicted octanol–water partition coefficient (Wildman–Crippen LogP) is 5.43. The van der Waals surface area contributed by atoms with Crippen molar-refractivity contribution in [2.24, 2.45) is 0 Å². The Balaban J connectivity index is 1.75. The highest BCUT2D eigenvalue weighted by Gasteiger charge is 2.20. The number of imidazole rings is 1. The molecule has 10 heteroatoms. The number of fused-ring (bicyclic) bond motifs is 1. The lowest BCUT2D eigenvalue weighted by Crippen LogP contribution is -2.27. The molecular formula is C27H22ClFN6O2. The SMILES string of the molecule is Cc1ccccc1-n1nc(-n2c(-c3ccc(F)cc3Cl)nc3cc(NC(=O)N(C)C)ccc32)ccc1=O. The van der Waals surface area contributed by atoms with Crippen molar-refractivity contribution in [1.82, 2.24) is 24.2 Å². The Bertz CT molecular complexity index is 1730. The molecule has 2 heterocycles. The van der Waals surface area contributed by atoms with E-state index in [1.54, 1.807) is 49.0 Å². The van der Waals surface area contributed by atoms with Gasteiger partial charge < -0.3 is 10.2 Å². The van der Waals surface area contributed by atoms with Crippen LogP contribution in [0.5, 0.6) is 0 Å². The van der Waals surface area contributed by atoms with E-state index in [9.17, 15) is 14.0 Å². The van der Waals surface area contributed by atoms with Crippen molar-refractivity contribution in [1.29, 1.82) is 0 Å². The fraction of sp³-hybridized carbons (Fsp3) is 0.111. The summed E-state index contributed by atoms with van der Waals surface area (Å²) < 4.78 is 16.9. The van der Waals surface area contributed by atoms with Gasteiger partial charge in [0.15, 0.2) is 5.82 Å². The molecule has 1 N–H and O–H groups in total. The first-order valence-corrected chi connectivity index (χ1v) is 11.7. The number of hydrogen-bond donors (Lipinski definition) is 1. The van der Waals surface area contributed by atoms with E-state index in [1.807, 2.05) is 31.2 Å². The number of benzene rings is 3. The van der Waals surface area contributed by atoms with E-state index in [0.29, 0.717) is 39.6 Å². The number of amides is 2. The number of rotatable bonds is 4. The molecule has 0 spiro atoms. The van der Waals surface area contributed by atoms with Crippen LogP contribution in [0.1, 0.15) is 5.56 Å². The molecule has 0 aliphatic carbocycles. The summed E-state index contributed by atoms with van der Waals surface area (Å²) in [4.78, 5) is 31.1. The number of para-hydroxylation sites is 1. The topological polar surface area (TPSA) is 85.1 Å². The minimum atomic E-state index is -0.476. The molecule has 3 aromatic carbocycles. The van der Waals surface area contributed by atoms with Gasteiger partial charge >= 0.3 is 6.03 Å². The molecule has 0 aliphatic rings. The normalized spacial score (nSPS) is 11.1. The summed E-state index contributed by atoms with van der Waals surface area (Å²) in [5, 5.41) is 7.63. The fourth-order valence-corrected chi connectivity index (χ4v) is 4.22. The van der Waals surface area contributed by atoms with E-state index in [0.717, 1.165) is 5.56 Å². The van der Waals surface area contributed by atoms with Gasteiger partial charge in [0.2, 0.25) is 0 Å². The van der Waals surface area contributed by atoms with E-state index in [4.69, 9.17) is 16.6 Å². The van der Waals surface area contributed by atoms with Gasteiger partial charge in [0.25, 0.3) is 5.56 Å². The fourth-order valence-electron chi connectivity index (χ4n) is 3.97. The zero-order chi connectivity index (χ0) is 26.3. The molecule has 186 valence electrons. The molecule has 0 fully saturated rings. The Morgan fingerprint density at radius 2 is 1.81 bits per heavy atom. The lowest BCUT2D eigenvalue weighted by atomic mass is 10.2. The molecule has 0 radical (unpaired) electrons. The molecule has 0 bridgehead atoms. The van der Waals surface area contributed by atoms with Crippen molar-refractivity contribution in [3.63, 3.8) is 0 Å². The van der Waals surface area contributed by atoms with Crippen LogP contribution in [0.3, 0.4) is 0 Å².